The lowest BCUT2D eigenvalue weighted by Crippen LogP contribution is -2.40. The monoisotopic (exact) mass is 447 g/mol. The minimum absolute atomic E-state index is 0.00538. The van der Waals surface area contributed by atoms with Gasteiger partial charge in [0, 0.05) is 11.6 Å². The van der Waals surface area contributed by atoms with Crippen LogP contribution in [-0.4, -0.2) is 34.3 Å². The third-order valence-electron chi connectivity index (χ3n) is 6.62. The van der Waals surface area contributed by atoms with Gasteiger partial charge in [-0.15, -0.1) is 0 Å². The van der Waals surface area contributed by atoms with Crippen molar-refractivity contribution in [2.45, 2.75) is 65.0 Å². The molecule has 1 unspecified atom stereocenters. The molecule has 1 saturated heterocycles. The van der Waals surface area contributed by atoms with E-state index in [2.05, 4.69) is 13.8 Å². The Bertz CT molecular complexity index is 1070. The Hall–Kier alpha value is -3.08. The highest BCUT2D eigenvalue weighted by Gasteiger charge is 2.49. The third-order valence-corrected chi connectivity index (χ3v) is 6.62. The van der Waals surface area contributed by atoms with E-state index in [1.165, 1.54) is 0 Å². The maximum absolute atomic E-state index is 13.3. The summed E-state index contributed by atoms with van der Waals surface area (Å²) >= 11 is 0. The molecule has 0 spiro atoms. The van der Waals surface area contributed by atoms with Crippen LogP contribution in [0.25, 0.3) is 5.76 Å². The largest absolute Gasteiger partial charge is 0.507 e. The fourth-order valence-corrected chi connectivity index (χ4v) is 4.94. The Morgan fingerprint density at radius 2 is 1.79 bits per heavy atom. The van der Waals surface area contributed by atoms with Gasteiger partial charge in [-0.05, 0) is 48.9 Å². The Labute approximate surface area is 196 Å². The number of carbonyl (C=O) groups is 2. The molecule has 2 aliphatic rings. The van der Waals surface area contributed by atoms with Crippen molar-refractivity contribution in [3.8, 4) is 5.75 Å². The normalized spacial score (nSPS) is 21.1. The minimum atomic E-state index is -0.611. The van der Waals surface area contributed by atoms with Crippen LogP contribution < -0.4 is 4.74 Å². The zero-order valence-electron chi connectivity index (χ0n) is 19.7. The zero-order valence-corrected chi connectivity index (χ0v) is 19.7. The van der Waals surface area contributed by atoms with Crippen LogP contribution >= 0.6 is 0 Å². The zero-order chi connectivity index (χ0) is 23.5. The average Bonchev–Trinajstić information content (AvgIpc) is 3.08. The van der Waals surface area contributed by atoms with Gasteiger partial charge in [-0.25, -0.2) is 0 Å². The van der Waals surface area contributed by atoms with Crippen molar-refractivity contribution in [3.63, 3.8) is 0 Å². The molecule has 4 rings (SSSR count). The Morgan fingerprint density at radius 3 is 2.48 bits per heavy atom. The fraction of sp³-hybridized carbons (Fsp3) is 0.429. The van der Waals surface area contributed by atoms with Crippen LogP contribution in [0.1, 0.15) is 68.7 Å². The molecule has 5 nitrogen and oxygen atoms in total. The summed E-state index contributed by atoms with van der Waals surface area (Å²) in [5.41, 5.74) is 2.53. The molecule has 0 radical (unpaired) electrons. The van der Waals surface area contributed by atoms with E-state index < -0.39 is 17.7 Å². The number of hydrogen-bond acceptors (Lipinski definition) is 4. The minimum Gasteiger partial charge on any atom is -0.507 e. The molecule has 0 aromatic heterocycles. The van der Waals surface area contributed by atoms with Crippen molar-refractivity contribution in [3.05, 3.63) is 70.8 Å². The summed E-state index contributed by atoms with van der Waals surface area (Å²) in [5, 5.41) is 11.4. The summed E-state index contributed by atoms with van der Waals surface area (Å²) in [4.78, 5) is 28.4. The van der Waals surface area contributed by atoms with E-state index in [9.17, 15) is 14.7 Å². The van der Waals surface area contributed by atoms with Gasteiger partial charge in [0.2, 0.25) is 0 Å². The Balaban J connectivity index is 1.82. The highest BCUT2D eigenvalue weighted by atomic mass is 16.5. The first-order chi connectivity index (χ1) is 15.9. The number of ether oxygens (including phenoxy) is 1. The van der Waals surface area contributed by atoms with Gasteiger partial charge >= 0.3 is 0 Å². The Kier molecular flexibility index (Phi) is 6.87. The molecule has 1 aliphatic heterocycles. The maximum Gasteiger partial charge on any atom is 0.295 e. The molecule has 174 valence electrons. The lowest BCUT2D eigenvalue weighted by Gasteiger charge is -2.36. The molecule has 1 amide bonds. The van der Waals surface area contributed by atoms with Gasteiger partial charge in [0.25, 0.3) is 11.7 Å². The number of benzene rings is 2. The van der Waals surface area contributed by atoms with Crippen molar-refractivity contribution in [2.75, 3.05) is 6.61 Å². The van der Waals surface area contributed by atoms with Gasteiger partial charge < -0.3 is 14.7 Å². The second-order valence-corrected chi connectivity index (χ2v) is 9.59. The molecular weight excluding hydrogens is 414 g/mol. The molecule has 2 fully saturated rings. The SMILES string of the molecule is Cc1ccccc1C1/C(=C(\O)c2cccc(OCC(C)C)c2)C(=O)C(=O)N1C1CCCCC1. The highest BCUT2D eigenvalue weighted by Crippen LogP contribution is 2.44. The number of Topliss-reactive ketones (excluding diaryl/α,β-unsaturated/α-hetero) is 1. The number of aryl methyl sites for hydroxylation is 1. The van der Waals surface area contributed by atoms with Gasteiger partial charge in [-0.3, -0.25) is 9.59 Å². The molecule has 33 heavy (non-hydrogen) atoms. The van der Waals surface area contributed by atoms with Gasteiger partial charge in [0.05, 0.1) is 18.2 Å². The van der Waals surface area contributed by atoms with Crippen molar-refractivity contribution in [2.24, 2.45) is 5.92 Å². The number of likely N-dealkylation sites (tertiary alicyclic amines) is 1. The number of hydrogen-bond donors (Lipinski definition) is 1. The number of amides is 1. The summed E-state index contributed by atoms with van der Waals surface area (Å²) in [7, 11) is 0. The van der Waals surface area contributed by atoms with E-state index in [-0.39, 0.29) is 17.4 Å². The number of nitrogens with zero attached hydrogens (tertiary/aromatic N) is 1. The third kappa shape index (κ3) is 4.68. The fourth-order valence-electron chi connectivity index (χ4n) is 4.94. The van der Waals surface area contributed by atoms with E-state index in [0.717, 1.165) is 43.2 Å². The second-order valence-electron chi connectivity index (χ2n) is 9.59. The standard InChI is InChI=1S/C28H33NO4/c1-18(2)17-33-22-14-9-11-20(16-22)26(30)24-25(23-15-8-7-10-19(23)3)29(28(32)27(24)31)21-12-5-4-6-13-21/h7-11,14-16,18,21,25,30H,4-6,12-13,17H2,1-3H3/b26-24+. The molecule has 1 atom stereocenters. The quantitative estimate of drug-likeness (QED) is 0.346. The molecule has 2 aromatic carbocycles. The van der Waals surface area contributed by atoms with E-state index in [4.69, 9.17) is 4.74 Å². The smallest absolute Gasteiger partial charge is 0.295 e. The van der Waals surface area contributed by atoms with Crippen LogP contribution in [0.15, 0.2) is 54.1 Å². The Morgan fingerprint density at radius 1 is 1.06 bits per heavy atom. The van der Waals surface area contributed by atoms with Crippen LogP contribution in [-0.2, 0) is 9.59 Å². The second kappa shape index (κ2) is 9.82. The van der Waals surface area contributed by atoms with Gasteiger partial charge in [0.1, 0.15) is 11.5 Å². The summed E-state index contributed by atoms with van der Waals surface area (Å²) in [6, 6.07) is 14.3. The number of rotatable bonds is 6. The van der Waals surface area contributed by atoms with E-state index in [1.807, 2.05) is 37.3 Å². The van der Waals surface area contributed by atoms with Gasteiger partial charge in [-0.2, -0.15) is 0 Å². The van der Waals surface area contributed by atoms with Crippen LogP contribution in [0.2, 0.25) is 0 Å². The number of ketones is 1. The van der Waals surface area contributed by atoms with Crippen molar-refractivity contribution >= 4 is 17.4 Å². The van der Waals surface area contributed by atoms with Crippen molar-refractivity contribution < 1.29 is 19.4 Å². The molecule has 5 heteroatoms. The van der Waals surface area contributed by atoms with E-state index >= 15 is 0 Å². The van der Waals surface area contributed by atoms with E-state index in [1.54, 1.807) is 23.1 Å². The number of aliphatic hydroxyl groups is 1. The first-order valence-corrected chi connectivity index (χ1v) is 12.0. The molecule has 2 aromatic rings. The lowest BCUT2D eigenvalue weighted by atomic mass is 9.89. The van der Waals surface area contributed by atoms with E-state index in [0.29, 0.717) is 23.8 Å². The molecular formula is C28H33NO4. The summed E-state index contributed by atoms with van der Waals surface area (Å²) < 4.78 is 5.82. The summed E-state index contributed by atoms with van der Waals surface area (Å²) in [6.45, 7) is 6.67. The first-order valence-electron chi connectivity index (χ1n) is 12.0. The van der Waals surface area contributed by atoms with Gasteiger partial charge in [0.15, 0.2) is 0 Å². The first kappa shape index (κ1) is 23.1. The molecule has 1 saturated carbocycles. The lowest BCUT2D eigenvalue weighted by molar-refractivity contribution is -0.141. The van der Waals surface area contributed by atoms with Crippen molar-refractivity contribution in [1.82, 2.24) is 4.90 Å². The molecule has 0 bridgehead atoms. The number of aliphatic hydroxyl groups excluding tert-OH is 1. The summed E-state index contributed by atoms with van der Waals surface area (Å²) in [6.07, 6.45) is 5.01. The molecule has 1 aliphatic carbocycles. The van der Waals surface area contributed by atoms with Crippen molar-refractivity contribution in [1.29, 1.82) is 0 Å². The molecule has 1 N–H and O–H groups in total. The van der Waals surface area contributed by atoms with Crippen LogP contribution in [0.3, 0.4) is 0 Å². The predicted molar refractivity (Wildman–Crippen MR) is 129 cm³/mol. The number of carbonyl (C=O) groups excluding carboxylic acids is 2. The maximum atomic E-state index is 13.3. The van der Waals surface area contributed by atoms with Crippen LogP contribution in [0, 0.1) is 12.8 Å². The van der Waals surface area contributed by atoms with Crippen LogP contribution in [0.4, 0.5) is 0 Å². The van der Waals surface area contributed by atoms with Gasteiger partial charge in [-0.1, -0.05) is 69.5 Å². The van der Waals surface area contributed by atoms with Crippen LogP contribution in [0.5, 0.6) is 5.75 Å². The average molecular weight is 448 g/mol. The topological polar surface area (TPSA) is 66.8 Å². The predicted octanol–water partition coefficient (Wildman–Crippen LogP) is 5.78. The summed E-state index contributed by atoms with van der Waals surface area (Å²) in [5.74, 6) is -0.274. The molecule has 1 heterocycles. The highest BCUT2D eigenvalue weighted by molar-refractivity contribution is 6.46.